The second-order valence-corrected chi connectivity index (χ2v) is 3.21. The maximum Gasteiger partial charge on any atom is 0.0409 e. The average molecular weight is 163 g/mol. The smallest absolute Gasteiger partial charge is 0.0409 e. The van der Waals surface area contributed by atoms with Crippen molar-refractivity contribution in [1.29, 1.82) is 0 Å². The lowest BCUT2D eigenvalue weighted by atomic mass is 10.1. The minimum Gasteiger partial charge on any atom is -0.258 e. The molecule has 0 saturated heterocycles. The molecule has 0 fully saturated rings. The van der Waals surface area contributed by atoms with E-state index >= 15 is 0 Å². The Bertz CT molecular complexity index is 253. The second-order valence-electron chi connectivity index (χ2n) is 3.21. The van der Waals surface area contributed by atoms with Crippen LogP contribution in [0, 0.1) is 6.92 Å². The van der Waals surface area contributed by atoms with Crippen molar-refractivity contribution in [2.45, 2.75) is 40.0 Å². The van der Waals surface area contributed by atoms with Gasteiger partial charge in [-0.2, -0.15) is 0 Å². The van der Waals surface area contributed by atoms with Crippen LogP contribution >= 0.6 is 0 Å². The average Bonchev–Trinajstić information content (AvgIpc) is 2.04. The molecule has 12 heavy (non-hydrogen) atoms. The minimum absolute atomic E-state index is 1.11. The Balaban J connectivity index is 2.90. The summed E-state index contributed by atoms with van der Waals surface area (Å²) in [4.78, 5) is 4.47. The lowest BCUT2D eigenvalue weighted by molar-refractivity contribution is 0.867. The van der Waals surface area contributed by atoms with E-state index in [4.69, 9.17) is 0 Å². The van der Waals surface area contributed by atoms with Crippen LogP contribution in [0.2, 0.25) is 0 Å². The molecular weight excluding hydrogens is 146 g/mol. The molecule has 0 unspecified atom stereocenters. The molecule has 1 nitrogen and oxygen atoms in total. The molecule has 0 aromatic carbocycles. The lowest BCUT2D eigenvalue weighted by Gasteiger charge is -2.03. The summed E-state index contributed by atoms with van der Waals surface area (Å²) in [5.41, 5.74) is 3.80. The van der Waals surface area contributed by atoms with E-state index in [-0.39, 0.29) is 0 Å². The molecule has 0 saturated carbocycles. The first-order valence-corrected chi connectivity index (χ1v) is 4.72. The van der Waals surface area contributed by atoms with Gasteiger partial charge in [-0.1, -0.05) is 20.3 Å². The van der Waals surface area contributed by atoms with E-state index in [1.165, 1.54) is 17.7 Å². The Labute approximate surface area is 74.8 Å². The summed E-state index contributed by atoms with van der Waals surface area (Å²) in [5.74, 6) is 0. The van der Waals surface area contributed by atoms with Gasteiger partial charge in [0.2, 0.25) is 0 Å². The van der Waals surface area contributed by atoms with Gasteiger partial charge >= 0.3 is 0 Å². The van der Waals surface area contributed by atoms with Crippen LogP contribution in [0.1, 0.15) is 37.2 Å². The summed E-state index contributed by atoms with van der Waals surface area (Å²) < 4.78 is 0. The predicted octanol–water partition coefficient (Wildman–Crippen LogP) is 2.90. The molecule has 0 aliphatic heterocycles. The number of pyridine rings is 1. The number of nitrogens with zero attached hydrogens (tertiary/aromatic N) is 1. The van der Waals surface area contributed by atoms with Crippen molar-refractivity contribution < 1.29 is 0 Å². The standard InChI is InChI=1S/C11H17N/c1-4-6-11-8-10(5-2)7-9(3)12-11/h7-8H,4-6H2,1-3H3. The number of aromatic nitrogens is 1. The van der Waals surface area contributed by atoms with E-state index in [0.29, 0.717) is 0 Å². The summed E-state index contributed by atoms with van der Waals surface area (Å²) in [6.45, 7) is 6.44. The van der Waals surface area contributed by atoms with Crippen molar-refractivity contribution in [2.75, 3.05) is 0 Å². The Kier molecular flexibility index (Phi) is 3.27. The molecule has 0 atom stereocenters. The van der Waals surface area contributed by atoms with Crippen LogP contribution in [0.4, 0.5) is 0 Å². The molecule has 0 bridgehead atoms. The summed E-state index contributed by atoms with van der Waals surface area (Å²) in [6, 6.07) is 4.38. The highest BCUT2D eigenvalue weighted by atomic mass is 14.7. The van der Waals surface area contributed by atoms with E-state index in [9.17, 15) is 0 Å². The van der Waals surface area contributed by atoms with Gasteiger partial charge in [-0.3, -0.25) is 4.98 Å². The Morgan fingerprint density at radius 3 is 2.58 bits per heavy atom. The maximum atomic E-state index is 4.47. The zero-order valence-electron chi connectivity index (χ0n) is 8.22. The van der Waals surface area contributed by atoms with Gasteiger partial charge in [-0.25, -0.2) is 0 Å². The monoisotopic (exact) mass is 163 g/mol. The van der Waals surface area contributed by atoms with Crippen LogP contribution in [-0.2, 0) is 12.8 Å². The third-order valence-corrected chi connectivity index (χ3v) is 1.98. The van der Waals surface area contributed by atoms with Gasteiger partial charge in [0.1, 0.15) is 0 Å². The van der Waals surface area contributed by atoms with Crippen molar-refractivity contribution in [3.8, 4) is 0 Å². The second kappa shape index (κ2) is 4.24. The molecule has 1 rings (SSSR count). The molecule has 66 valence electrons. The highest BCUT2D eigenvalue weighted by Crippen LogP contribution is 2.07. The van der Waals surface area contributed by atoms with Crippen LogP contribution in [0.5, 0.6) is 0 Å². The number of aryl methyl sites for hydroxylation is 3. The first-order valence-electron chi connectivity index (χ1n) is 4.72. The third kappa shape index (κ3) is 2.33. The number of rotatable bonds is 3. The van der Waals surface area contributed by atoms with Gasteiger partial charge in [0.15, 0.2) is 0 Å². The van der Waals surface area contributed by atoms with Crippen molar-refractivity contribution >= 4 is 0 Å². The fraction of sp³-hybridized carbons (Fsp3) is 0.545. The van der Waals surface area contributed by atoms with Gasteiger partial charge < -0.3 is 0 Å². The Morgan fingerprint density at radius 2 is 2.00 bits per heavy atom. The molecule has 1 aromatic rings. The molecular formula is C11H17N. The molecule has 0 amide bonds. The fourth-order valence-corrected chi connectivity index (χ4v) is 1.40. The highest BCUT2D eigenvalue weighted by molar-refractivity contribution is 5.20. The predicted molar refractivity (Wildman–Crippen MR) is 52.3 cm³/mol. The van der Waals surface area contributed by atoms with Crippen LogP contribution in [0.15, 0.2) is 12.1 Å². The minimum atomic E-state index is 1.11. The number of hydrogen-bond donors (Lipinski definition) is 0. The SMILES string of the molecule is CCCc1cc(CC)cc(C)n1. The lowest BCUT2D eigenvalue weighted by Crippen LogP contribution is -1.94. The first kappa shape index (κ1) is 9.24. The van der Waals surface area contributed by atoms with E-state index < -0.39 is 0 Å². The van der Waals surface area contributed by atoms with Gasteiger partial charge in [-0.15, -0.1) is 0 Å². The van der Waals surface area contributed by atoms with Crippen molar-refractivity contribution in [3.05, 3.63) is 29.1 Å². The summed E-state index contributed by atoms with van der Waals surface area (Å²) in [5, 5.41) is 0. The molecule has 1 heterocycles. The molecule has 0 spiro atoms. The largest absolute Gasteiger partial charge is 0.258 e. The number of hydrogen-bond acceptors (Lipinski definition) is 1. The zero-order chi connectivity index (χ0) is 8.97. The summed E-state index contributed by atoms with van der Waals surface area (Å²) in [7, 11) is 0. The van der Waals surface area contributed by atoms with Gasteiger partial charge in [-0.05, 0) is 37.5 Å². The maximum absolute atomic E-state index is 4.47. The van der Waals surface area contributed by atoms with E-state index in [2.05, 4.69) is 37.9 Å². The van der Waals surface area contributed by atoms with Crippen LogP contribution < -0.4 is 0 Å². The van der Waals surface area contributed by atoms with Crippen molar-refractivity contribution in [1.82, 2.24) is 4.98 Å². The van der Waals surface area contributed by atoms with Gasteiger partial charge in [0.05, 0.1) is 0 Å². The van der Waals surface area contributed by atoms with Crippen LogP contribution in [0.3, 0.4) is 0 Å². The molecule has 1 heteroatoms. The van der Waals surface area contributed by atoms with E-state index in [1.54, 1.807) is 0 Å². The van der Waals surface area contributed by atoms with E-state index in [1.807, 2.05) is 0 Å². The van der Waals surface area contributed by atoms with Crippen molar-refractivity contribution in [2.24, 2.45) is 0 Å². The quantitative estimate of drug-likeness (QED) is 0.667. The molecule has 0 radical (unpaired) electrons. The summed E-state index contributed by atoms with van der Waals surface area (Å²) >= 11 is 0. The van der Waals surface area contributed by atoms with Gasteiger partial charge in [0, 0.05) is 11.4 Å². The van der Waals surface area contributed by atoms with E-state index in [0.717, 1.165) is 18.5 Å². The van der Waals surface area contributed by atoms with Crippen LogP contribution in [0.25, 0.3) is 0 Å². The molecule has 0 aliphatic rings. The fourth-order valence-electron chi connectivity index (χ4n) is 1.40. The zero-order valence-corrected chi connectivity index (χ0v) is 8.22. The third-order valence-electron chi connectivity index (χ3n) is 1.98. The van der Waals surface area contributed by atoms with Gasteiger partial charge in [0.25, 0.3) is 0 Å². The Hall–Kier alpha value is -0.850. The molecule has 1 aromatic heterocycles. The first-order chi connectivity index (χ1) is 5.76. The topological polar surface area (TPSA) is 12.9 Å². The van der Waals surface area contributed by atoms with Crippen molar-refractivity contribution in [3.63, 3.8) is 0 Å². The molecule has 0 N–H and O–H groups in total. The highest BCUT2D eigenvalue weighted by Gasteiger charge is 1.97. The Morgan fingerprint density at radius 1 is 1.25 bits per heavy atom. The van der Waals surface area contributed by atoms with Crippen LogP contribution in [-0.4, -0.2) is 4.98 Å². The molecule has 0 aliphatic carbocycles. The summed E-state index contributed by atoms with van der Waals surface area (Å²) in [6.07, 6.45) is 3.40. The normalized spacial score (nSPS) is 10.2.